The van der Waals surface area contributed by atoms with Crippen LogP contribution in [0.25, 0.3) is 0 Å². The number of amides is 1. The molecular formula is C13H19FN2O2. The summed E-state index contributed by atoms with van der Waals surface area (Å²) in [6, 6.07) is 3.99. The lowest BCUT2D eigenvalue weighted by atomic mass is 10.0. The molecule has 0 aliphatic heterocycles. The molecular weight excluding hydrogens is 235 g/mol. The largest absolute Gasteiger partial charge is 0.494 e. The summed E-state index contributed by atoms with van der Waals surface area (Å²) < 4.78 is 18.0. The van der Waals surface area contributed by atoms with Gasteiger partial charge in [0.25, 0.3) is 0 Å². The third kappa shape index (κ3) is 4.00. The van der Waals surface area contributed by atoms with Gasteiger partial charge < -0.3 is 15.8 Å². The Kier molecular flexibility index (Phi) is 5.58. The van der Waals surface area contributed by atoms with Gasteiger partial charge in [0, 0.05) is 12.5 Å². The highest BCUT2D eigenvalue weighted by Gasteiger charge is 2.13. The zero-order valence-corrected chi connectivity index (χ0v) is 10.7. The van der Waals surface area contributed by atoms with Gasteiger partial charge in [-0.25, -0.2) is 4.39 Å². The van der Waals surface area contributed by atoms with E-state index < -0.39 is 5.82 Å². The van der Waals surface area contributed by atoms with E-state index in [4.69, 9.17) is 10.5 Å². The third-order valence-electron chi connectivity index (χ3n) is 2.82. The van der Waals surface area contributed by atoms with Crippen LogP contribution in [0.2, 0.25) is 0 Å². The molecule has 5 heteroatoms. The molecule has 0 bridgehead atoms. The van der Waals surface area contributed by atoms with E-state index in [1.807, 2.05) is 6.92 Å². The molecule has 1 aromatic carbocycles. The molecule has 0 saturated heterocycles. The molecule has 100 valence electrons. The van der Waals surface area contributed by atoms with Crippen molar-refractivity contribution in [2.45, 2.75) is 19.8 Å². The number of methoxy groups -OCH3 is 1. The molecule has 1 amide bonds. The van der Waals surface area contributed by atoms with Crippen molar-refractivity contribution in [2.75, 3.05) is 19.0 Å². The maximum Gasteiger partial charge on any atom is 0.224 e. The van der Waals surface area contributed by atoms with Gasteiger partial charge in [-0.1, -0.05) is 13.3 Å². The number of hydrogen-bond acceptors (Lipinski definition) is 3. The highest BCUT2D eigenvalue weighted by molar-refractivity contribution is 5.92. The third-order valence-corrected chi connectivity index (χ3v) is 2.82. The maximum atomic E-state index is 13.0. The SMILES string of the molecule is CCC(CN)CC(=O)Nc1ccc(F)cc1OC. The summed E-state index contributed by atoms with van der Waals surface area (Å²) in [6.07, 6.45) is 1.21. The Labute approximate surface area is 106 Å². The highest BCUT2D eigenvalue weighted by Crippen LogP contribution is 2.25. The average molecular weight is 254 g/mol. The summed E-state index contributed by atoms with van der Waals surface area (Å²) in [6.45, 7) is 2.47. The van der Waals surface area contributed by atoms with Crippen LogP contribution in [0, 0.1) is 11.7 Å². The fraction of sp³-hybridized carbons (Fsp3) is 0.462. The smallest absolute Gasteiger partial charge is 0.224 e. The molecule has 0 aliphatic rings. The lowest BCUT2D eigenvalue weighted by Crippen LogP contribution is -2.21. The summed E-state index contributed by atoms with van der Waals surface area (Å²) in [7, 11) is 1.43. The normalized spacial score (nSPS) is 12.0. The Morgan fingerprint density at radius 1 is 1.56 bits per heavy atom. The van der Waals surface area contributed by atoms with E-state index in [0.29, 0.717) is 24.4 Å². The Morgan fingerprint density at radius 2 is 2.28 bits per heavy atom. The van der Waals surface area contributed by atoms with E-state index in [2.05, 4.69) is 5.32 Å². The fourth-order valence-corrected chi connectivity index (χ4v) is 1.63. The van der Waals surface area contributed by atoms with Gasteiger partial charge in [0.05, 0.1) is 12.8 Å². The van der Waals surface area contributed by atoms with Crippen molar-refractivity contribution in [3.05, 3.63) is 24.0 Å². The number of nitrogens with two attached hydrogens (primary N) is 1. The van der Waals surface area contributed by atoms with E-state index in [9.17, 15) is 9.18 Å². The van der Waals surface area contributed by atoms with E-state index in [1.54, 1.807) is 0 Å². The van der Waals surface area contributed by atoms with Gasteiger partial charge >= 0.3 is 0 Å². The predicted molar refractivity (Wildman–Crippen MR) is 69.0 cm³/mol. The molecule has 0 heterocycles. The number of hydrogen-bond donors (Lipinski definition) is 2. The molecule has 0 fully saturated rings. The van der Waals surface area contributed by atoms with Gasteiger partial charge in [-0.05, 0) is 24.6 Å². The highest BCUT2D eigenvalue weighted by atomic mass is 19.1. The van der Waals surface area contributed by atoms with Crippen LogP contribution in [0.1, 0.15) is 19.8 Å². The minimum atomic E-state index is -0.404. The number of anilines is 1. The van der Waals surface area contributed by atoms with E-state index in [-0.39, 0.29) is 11.8 Å². The molecule has 18 heavy (non-hydrogen) atoms. The Bertz CT molecular complexity index is 406. The van der Waals surface area contributed by atoms with Gasteiger partial charge in [0.2, 0.25) is 5.91 Å². The Hall–Kier alpha value is -1.62. The van der Waals surface area contributed by atoms with Gasteiger partial charge in [0.15, 0.2) is 0 Å². The summed E-state index contributed by atoms with van der Waals surface area (Å²) in [5.74, 6) is -0.0731. The number of carbonyl (C=O) groups excluding carboxylic acids is 1. The number of ether oxygens (including phenoxy) is 1. The van der Waals surface area contributed by atoms with Crippen LogP contribution in [-0.4, -0.2) is 19.6 Å². The van der Waals surface area contributed by atoms with Crippen LogP contribution < -0.4 is 15.8 Å². The molecule has 0 aliphatic carbocycles. The zero-order valence-electron chi connectivity index (χ0n) is 10.7. The quantitative estimate of drug-likeness (QED) is 0.817. The summed E-state index contributed by atoms with van der Waals surface area (Å²) >= 11 is 0. The van der Waals surface area contributed by atoms with Crippen molar-refractivity contribution >= 4 is 11.6 Å². The fourth-order valence-electron chi connectivity index (χ4n) is 1.63. The van der Waals surface area contributed by atoms with Gasteiger partial charge in [0.1, 0.15) is 11.6 Å². The van der Waals surface area contributed by atoms with Gasteiger partial charge in [-0.3, -0.25) is 4.79 Å². The second kappa shape index (κ2) is 6.96. The van der Waals surface area contributed by atoms with E-state index in [1.165, 1.54) is 25.3 Å². The van der Waals surface area contributed by atoms with E-state index >= 15 is 0 Å². The molecule has 0 radical (unpaired) electrons. The molecule has 0 saturated carbocycles. The number of rotatable bonds is 6. The molecule has 1 atom stereocenters. The molecule has 1 unspecified atom stereocenters. The molecule has 0 spiro atoms. The van der Waals surface area contributed by atoms with Crippen molar-refractivity contribution in [3.8, 4) is 5.75 Å². The predicted octanol–water partition coefficient (Wildman–Crippen LogP) is 2.15. The van der Waals surface area contributed by atoms with Gasteiger partial charge in [-0.2, -0.15) is 0 Å². The number of nitrogens with one attached hydrogen (secondary N) is 1. The maximum absolute atomic E-state index is 13.0. The average Bonchev–Trinajstić information content (AvgIpc) is 2.38. The standard InChI is InChI=1S/C13H19FN2O2/c1-3-9(8-15)6-13(17)16-11-5-4-10(14)7-12(11)18-2/h4-5,7,9H,3,6,8,15H2,1-2H3,(H,16,17). The first kappa shape index (κ1) is 14.4. The summed E-state index contributed by atoms with van der Waals surface area (Å²) in [4.78, 5) is 11.8. The van der Waals surface area contributed by atoms with Crippen LogP contribution in [0.15, 0.2) is 18.2 Å². The molecule has 1 rings (SSSR count). The minimum Gasteiger partial charge on any atom is -0.494 e. The van der Waals surface area contributed by atoms with Crippen LogP contribution in [-0.2, 0) is 4.79 Å². The number of benzene rings is 1. The first-order valence-electron chi connectivity index (χ1n) is 5.94. The Morgan fingerprint density at radius 3 is 2.83 bits per heavy atom. The zero-order chi connectivity index (χ0) is 13.5. The van der Waals surface area contributed by atoms with Crippen molar-refractivity contribution in [2.24, 2.45) is 11.7 Å². The second-order valence-electron chi connectivity index (χ2n) is 4.11. The van der Waals surface area contributed by atoms with Crippen molar-refractivity contribution < 1.29 is 13.9 Å². The lowest BCUT2D eigenvalue weighted by Gasteiger charge is -2.13. The van der Waals surface area contributed by atoms with E-state index in [0.717, 1.165) is 6.42 Å². The van der Waals surface area contributed by atoms with Crippen LogP contribution in [0.4, 0.5) is 10.1 Å². The minimum absolute atomic E-state index is 0.141. The molecule has 3 N–H and O–H groups in total. The van der Waals surface area contributed by atoms with Crippen molar-refractivity contribution in [3.63, 3.8) is 0 Å². The summed E-state index contributed by atoms with van der Waals surface area (Å²) in [5, 5.41) is 2.70. The van der Waals surface area contributed by atoms with Crippen LogP contribution in [0.3, 0.4) is 0 Å². The number of halogens is 1. The topological polar surface area (TPSA) is 64.4 Å². The number of carbonyl (C=O) groups is 1. The molecule has 4 nitrogen and oxygen atoms in total. The van der Waals surface area contributed by atoms with Crippen LogP contribution in [0.5, 0.6) is 5.75 Å². The molecule has 0 aromatic heterocycles. The first-order valence-corrected chi connectivity index (χ1v) is 5.94. The van der Waals surface area contributed by atoms with Gasteiger partial charge in [-0.15, -0.1) is 0 Å². The first-order chi connectivity index (χ1) is 8.60. The Balaban J connectivity index is 2.69. The monoisotopic (exact) mass is 254 g/mol. The molecule has 1 aromatic rings. The second-order valence-corrected chi connectivity index (χ2v) is 4.11. The lowest BCUT2D eigenvalue weighted by molar-refractivity contribution is -0.117. The van der Waals surface area contributed by atoms with Crippen molar-refractivity contribution in [1.29, 1.82) is 0 Å². The summed E-state index contributed by atoms with van der Waals surface area (Å²) in [5.41, 5.74) is 6.01. The van der Waals surface area contributed by atoms with Crippen molar-refractivity contribution in [1.82, 2.24) is 0 Å². The van der Waals surface area contributed by atoms with Crippen LogP contribution >= 0.6 is 0 Å².